The van der Waals surface area contributed by atoms with Gasteiger partial charge in [0.1, 0.15) is 17.6 Å². The van der Waals surface area contributed by atoms with Crippen molar-refractivity contribution in [2.75, 3.05) is 44.7 Å². The molecule has 2 aliphatic heterocycles. The van der Waals surface area contributed by atoms with E-state index in [1.165, 1.54) is 0 Å². The van der Waals surface area contributed by atoms with Gasteiger partial charge in [0.15, 0.2) is 0 Å². The predicted octanol–water partition coefficient (Wildman–Crippen LogP) is 1.72. The standard InChI is InChI=1S/C24H28N6O3/c1-25-24(32)20-7-6-17(14-26-20)29-10-8-16(9-11-29)30-12-13-33-21(15-30)22-27-19-5-3-2-4-18(19)23(31)28-22/h2-7,14,16,21H,8-13,15H2,1H3,(H,25,32)(H,27,28,31). The molecular formula is C24H28N6O3. The normalized spacial score (nSPS) is 20.2. The lowest BCUT2D eigenvalue weighted by atomic mass is 10.0. The molecule has 2 aliphatic rings. The third-order valence-electron chi connectivity index (χ3n) is 6.59. The van der Waals surface area contributed by atoms with Crippen molar-refractivity contribution in [2.24, 2.45) is 0 Å². The zero-order chi connectivity index (χ0) is 22.8. The first-order valence-corrected chi connectivity index (χ1v) is 11.4. The lowest BCUT2D eigenvalue weighted by Crippen LogP contribution is -2.50. The molecule has 9 nitrogen and oxygen atoms in total. The van der Waals surface area contributed by atoms with Crippen LogP contribution in [0, 0.1) is 0 Å². The average Bonchev–Trinajstić information content (AvgIpc) is 2.88. The Labute approximate surface area is 191 Å². The van der Waals surface area contributed by atoms with E-state index in [-0.39, 0.29) is 17.6 Å². The van der Waals surface area contributed by atoms with Gasteiger partial charge in [0.05, 0.1) is 29.4 Å². The lowest BCUT2D eigenvalue weighted by molar-refractivity contribution is -0.0518. The van der Waals surface area contributed by atoms with Gasteiger partial charge in [0, 0.05) is 39.3 Å². The first-order valence-electron chi connectivity index (χ1n) is 11.4. The minimum atomic E-state index is -0.240. The SMILES string of the molecule is CNC(=O)c1ccc(N2CCC(N3CCOC(c4nc5ccccc5c(=O)[nH]4)C3)CC2)cn1. The summed E-state index contributed by atoms with van der Waals surface area (Å²) in [5.74, 6) is 0.424. The van der Waals surface area contributed by atoms with Crippen LogP contribution in [0.4, 0.5) is 5.69 Å². The molecule has 1 atom stereocenters. The number of nitrogens with zero attached hydrogens (tertiary/aromatic N) is 4. The minimum absolute atomic E-state index is 0.124. The summed E-state index contributed by atoms with van der Waals surface area (Å²) in [7, 11) is 1.60. The lowest BCUT2D eigenvalue weighted by Gasteiger charge is -2.42. The van der Waals surface area contributed by atoms with Crippen molar-refractivity contribution in [3.63, 3.8) is 0 Å². The number of carbonyl (C=O) groups excluding carboxylic acids is 1. The molecule has 0 saturated carbocycles. The van der Waals surface area contributed by atoms with Crippen molar-refractivity contribution < 1.29 is 9.53 Å². The number of aromatic nitrogens is 3. The number of anilines is 1. The monoisotopic (exact) mass is 448 g/mol. The van der Waals surface area contributed by atoms with Gasteiger partial charge >= 0.3 is 0 Å². The van der Waals surface area contributed by atoms with E-state index in [0.717, 1.165) is 38.2 Å². The molecule has 2 aromatic heterocycles. The number of H-pyrrole nitrogens is 1. The fourth-order valence-corrected chi connectivity index (χ4v) is 4.75. The molecule has 1 amide bonds. The van der Waals surface area contributed by atoms with Crippen molar-refractivity contribution in [2.45, 2.75) is 25.0 Å². The van der Waals surface area contributed by atoms with Crippen LogP contribution < -0.4 is 15.8 Å². The second kappa shape index (κ2) is 9.29. The number of morpholine rings is 1. The molecule has 5 rings (SSSR count). The Morgan fingerprint density at radius 1 is 1.15 bits per heavy atom. The number of pyridine rings is 1. The highest BCUT2D eigenvalue weighted by molar-refractivity contribution is 5.92. The van der Waals surface area contributed by atoms with E-state index >= 15 is 0 Å². The van der Waals surface area contributed by atoms with Crippen molar-refractivity contribution >= 4 is 22.5 Å². The molecule has 0 spiro atoms. The smallest absolute Gasteiger partial charge is 0.269 e. The van der Waals surface area contributed by atoms with E-state index in [4.69, 9.17) is 4.74 Å². The van der Waals surface area contributed by atoms with Crippen LogP contribution in [-0.4, -0.2) is 71.6 Å². The van der Waals surface area contributed by atoms with Crippen LogP contribution in [-0.2, 0) is 4.74 Å². The van der Waals surface area contributed by atoms with Gasteiger partial charge in [0.2, 0.25) is 0 Å². The molecule has 0 bridgehead atoms. The molecule has 2 saturated heterocycles. The van der Waals surface area contributed by atoms with Gasteiger partial charge in [0.25, 0.3) is 11.5 Å². The number of aromatic amines is 1. The van der Waals surface area contributed by atoms with Gasteiger partial charge in [-0.15, -0.1) is 0 Å². The van der Waals surface area contributed by atoms with Crippen molar-refractivity contribution in [1.82, 2.24) is 25.2 Å². The molecule has 1 aromatic carbocycles. The van der Waals surface area contributed by atoms with E-state index in [1.54, 1.807) is 25.4 Å². The van der Waals surface area contributed by atoms with E-state index in [0.29, 0.717) is 41.6 Å². The molecule has 172 valence electrons. The highest BCUT2D eigenvalue weighted by Gasteiger charge is 2.31. The van der Waals surface area contributed by atoms with Gasteiger partial charge in [-0.3, -0.25) is 14.5 Å². The maximum Gasteiger partial charge on any atom is 0.269 e. The molecule has 9 heteroatoms. The number of fused-ring (bicyclic) bond motifs is 1. The van der Waals surface area contributed by atoms with Crippen LogP contribution >= 0.6 is 0 Å². The van der Waals surface area contributed by atoms with Crippen LogP contribution in [0.15, 0.2) is 47.4 Å². The summed E-state index contributed by atoms with van der Waals surface area (Å²) >= 11 is 0. The average molecular weight is 449 g/mol. The van der Waals surface area contributed by atoms with Crippen LogP contribution in [0.1, 0.15) is 35.3 Å². The summed E-state index contributed by atoms with van der Waals surface area (Å²) in [5.41, 5.74) is 2.04. The predicted molar refractivity (Wildman–Crippen MR) is 125 cm³/mol. The van der Waals surface area contributed by atoms with Crippen LogP contribution in [0.3, 0.4) is 0 Å². The number of hydrogen-bond donors (Lipinski definition) is 2. The Balaban J connectivity index is 1.22. The fraction of sp³-hybridized carbons (Fsp3) is 0.417. The van der Waals surface area contributed by atoms with E-state index < -0.39 is 0 Å². The third kappa shape index (κ3) is 4.46. The molecule has 3 aromatic rings. The Morgan fingerprint density at radius 3 is 2.73 bits per heavy atom. The second-order valence-corrected chi connectivity index (χ2v) is 8.52. The van der Waals surface area contributed by atoms with Crippen LogP contribution in [0.2, 0.25) is 0 Å². The van der Waals surface area contributed by atoms with Gasteiger partial charge < -0.3 is 19.9 Å². The van der Waals surface area contributed by atoms with Crippen molar-refractivity contribution in [3.05, 3.63) is 64.5 Å². The molecule has 33 heavy (non-hydrogen) atoms. The molecule has 0 radical (unpaired) electrons. The van der Waals surface area contributed by atoms with Crippen LogP contribution in [0.5, 0.6) is 0 Å². The van der Waals surface area contributed by atoms with Gasteiger partial charge in [-0.05, 0) is 37.1 Å². The summed E-state index contributed by atoms with van der Waals surface area (Å²) in [5, 5.41) is 3.19. The number of para-hydroxylation sites is 1. The van der Waals surface area contributed by atoms with Crippen LogP contribution in [0.25, 0.3) is 10.9 Å². The first-order chi connectivity index (χ1) is 16.1. The highest BCUT2D eigenvalue weighted by Crippen LogP contribution is 2.27. The van der Waals surface area contributed by atoms with E-state index in [2.05, 4.69) is 30.1 Å². The topological polar surface area (TPSA) is 103 Å². The Hall–Kier alpha value is -3.30. The number of nitrogens with one attached hydrogen (secondary N) is 2. The van der Waals surface area contributed by atoms with Crippen molar-refractivity contribution in [1.29, 1.82) is 0 Å². The maximum atomic E-state index is 12.5. The molecule has 4 heterocycles. The number of ether oxygens (including phenoxy) is 1. The maximum absolute atomic E-state index is 12.5. The number of carbonyl (C=O) groups is 1. The summed E-state index contributed by atoms with van der Waals surface area (Å²) in [6, 6.07) is 11.6. The largest absolute Gasteiger partial charge is 0.370 e. The highest BCUT2D eigenvalue weighted by atomic mass is 16.5. The number of hydrogen-bond acceptors (Lipinski definition) is 7. The van der Waals surface area contributed by atoms with Crippen molar-refractivity contribution in [3.8, 4) is 0 Å². The Kier molecular flexibility index (Phi) is 6.06. The van der Waals surface area contributed by atoms with Gasteiger partial charge in [-0.25, -0.2) is 9.97 Å². The summed E-state index contributed by atoms with van der Waals surface area (Å²) in [6.45, 7) is 4.07. The first kappa shape index (κ1) is 21.5. The molecular weight excluding hydrogens is 420 g/mol. The molecule has 2 fully saturated rings. The van der Waals surface area contributed by atoms with Gasteiger partial charge in [-0.1, -0.05) is 12.1 Å². The molecule has 0 aliphatic carbocycles. The summed E-state index contributed by atoms with van der Waals surface area (Å²) in [6.07, 6.45) is 3.60. The number of rotatable bonds is 4. The van der Waals surface area contributed by atoms with E-state index in [9.17, 15) is 9.59 Å². The Morgan fingerprint density at radius 2 is 1.97 bits per heavy atom. The quantitative estimate of drug-likeness (QED) is 0.626. The summed E-state index contributed by atoms with van der Waals surface area (Å²) < 4.78 is 5.99. The minimum Gasteiger partial charge on any atom is -0.370 e. The molecule has 1 unspecified atom stereocenters. The van der Waals surface area contributed by atoms with Gasteiger partial charge in [-0.2, -0.15) is 0 Å². The zero-order valence-corrected chi connectivity index (χ0v) is 18.7. The van der Waals surface area contributed by atoms with E-state index in [1.807, 2.05) is 24.3 Å². The fourth-order valence-electron chi connectivity index (χ4n) is 4.75. The molecule has 2 N–H and O–H groups in total. The number of benzene rings is 1. The number of piperidine rings is 1. The zero-order valence-electron chi connectivity index (χ0n) is 18.7. The number of amides is 1. The Bertz CT molecular complexity index is 1190. The second-order valence-electron chi connectivity index (χ2n) is 8.52. The third-order valence-corrected chi connectivity index (χ3v) is 6.59. The summed E-state index contributed by atoms with van der Waals surface area (Å²) in [4.78, 5) is 40.8.